The fourth-order valence-corrected chi connectivity index (χ4v) is 4.07. The van der Waals surface area contributed by atoms with Crippen LogP contribution in [0.15, 0.2) is 49.7 Å². The SMILES string of the molecule is Cc1oc(C)c2c1C=C1SC(=C2)C(=O)C2=CC=CC=C(C2)C1=O. The molecule has 0 aromatic carbocycles. The van der Waals surface area contributed by atoms with E-state index in [4.69, 9.17) is 4.42 Å². The maximum Gasteiger partial charge on any atom is 0.196 e. The molecule has 4 heteroatoms. The summed E-state index contributed by atoms with van der Waals surface area (Å²) in [6.07, 6.45) is 11.3. The quantitative estimate of drug-likeness (QED) is 0.715. The minimum atomic E-state index is -0.0167. The first-order chi connectivity index (χ1) is 11.0. The third kappa shape index (κ3) is 2.21. The summed E-state index contributed by atoms with van der Waals surface area (Å²) in [5, 5.41) is 0. The van der Waals surface area contributed by atoms with E-state index in [9.17, 15) is 9.59 Å². The number of furan rings is 1. The van der Waals surface area contributed by atoms with E-state index in [-0.39, 0.29) is 11.6 Å². The molecule has 4 bridgehead atoms. The number of carbonyl (C=O) groups is 2. The van der Waals surface area contributed by atoms with Gasteiger partial charge in [-0.3, -0.25) is 9.59 Å². The lowest BCUT2D eigenvalue weighted by Crippen LogP contribution is -2.14. The number of fused-ring (bicyclic) bond motifs is 5. The molecule has 1 aromatic rings. The minimum absolute atomic E-state index is 0.0167. The topological polar surface area (TPSA) is 47.3 Å². The van der Waals surface area contributed by atoms with Gasteiger partial charge in [0.15, 0.2) is 11.6 Å². The molecule has 3 aliphatic rings. The molecule has 1 aliphatic carbocycles. The first-order valence-electron chi connectivity index (χ1n) is 7.41. The van der Waals surface area contributed by atoms with Crippen LogP contribution in [-0.4, -0.2) is 11.6 Å². The smallest absolute Gasteiger partial charge is 0.196 e. The Morgan fingerprint density at radius 2 is 1.35 bits per heavy atom. The molecule has 0 atom stereocenters. The largest absolute Gasteiger partial charge is 0.465 e. The van der Waals surface area contributed by atoms with Crippen molar-refractivity contribution in [1.82, 2.24) is 0 Å². The van der Waals surface area contributed by atoms with Gasteiger partial charge in [0.2, 0.25) is 0 Å². The zero-order valence-corrected chi connectivity index (χ0v) is 13.6. The summed E-state index contributed by atoms with van der Waals surface area (Å²) in [7, 11) is 0. The van der Waals surface area contributed by atoms with Gasteiger partial charge in [0.05, 0.1) is 9.81 Å². The highest BCUT2D eigenvalue weighted by Gasteiger charge is 2.31. The van der Waals surface area contributed by atoms with Gasteiger partial charge in [-0.05, 0) is 26.0 Å². The molecule has 4 rings (SSSR count). The van der Waals surface area contributed by atoms with E-state index in [1.54, 1.807) is 12.2 Å². The monoisotopic (exact) mass is 322 g/mol. The van der Waals surface area contributed by atoms with Crippen LogP contribution in [-0.2, 0) is 9.59 Å². The van der Waals surface area contributed by atoms with Crippen molar-refractivity contribution < 1.29 is 14.0 Å². The number of ketones is 2. The molecule has 114 valence electrons. The van der Waals surface area contributed by atoms with Crippen LogP contribution >= 0.6 is 11.8 Å². The van der Waals surface area contributed by atoms with Gasteiger partial charge in [0, 0.05) is 28.7 Å². The Morgan fingerprint density at radius 1 is 0.870 bits per heavy atom. The molecule has 1 saturated heterocycles. The van der Waals surface area contributed by atoms with Gasteiger partial charge in [0.1, 0.15) is 11.5 Å². The van der Waals surface area contributed by atoms with Crippen LogP contribution < -0.4 is 0 Å². The number of allylic oxidation sites excluding steroid dienone is 8. The normalized spacial score (nSPS) is 19.6. The van der Waals surface area contributed by atoms with E-state index >= 15 is 0 Å². The Morgan fingerprint density at radius 3 is 1.83 bits per heavy atom. The van der Waals surface area contributed by atoms with E-state index in [0.29, 0.717) is 27.4 Å². The second kappa shape index (κ2) is 5.10. The molecule has 1 fully saturated rings. The van der Waals surface area contributed by atoms with Crippen LogP contribution in [0.4, 0.5) is 0 Å². The Kier molecular flexibility index (Phi) is 3.16. The molecule has 0 spiro atoms. The molecular weight excluding hydrogens is 308 g/mol. The van der Waals surface area contributed by atoms with E-state index in [2.05, 4.69) is 0 Å². The van der Waals surface area contributed by atoms with Gasteiger partial charge in [-0.2, -0.15) is 0 Å². The maximum absolute atomic E-state index is 12.9. The predicted molar refractivity (Wildman–Crippen MR) is 91.7 cm³/mol. The Hall–Kier alpha value is -2.33. The highest BCUT2D eigenvalue weighted by atomic mass is 32.2. The molecule has 23 heavy (non-hydrogen) atoms. The second-order valence-corrected chi connectivity index (χ2v) is 6.85. The Balaban J connectivity index is 2.02. The summed E-state index contributed by atoms with van der Waals surface area (Å²) in [6.45, 7) is 3.76. The zero-order chi connectivity index (χ0) is 16.1. The standard InChI is InChI=1S/C19H14O3S/c1-10-14-8-16-18(20)12-5-3-4-6-13(7-12)19(21)17(23-16)9-15(14)11(2)22-10/h3-6,8-9H,7H2,1-2H3. The first-order valence-corrected chi connectivity index (χ1v) is 8.23. The number of hydrogen-bond donors (Lipinski definition) is 0. The summed E-state index contributed by atoms with van der Waals surface area (Å²) in [5.74, 6) is 1.50. The maximum atomic E-state index is 12.9. The van der Waals surface area contributed by atoms with Gasteiger partial charge < -0.3 is 4.42 Å². The molecule has 0 radical (unpaired) electrons. The molecule has 3 heterocycles. The summed E-state index contributed by atoms with van der Waals surface area (Å²) in [4.78, 5) is 26.9. The van der Waals surface area contributed by atoms with Crippen molar-refractivity contribution in [2.24, 2.45) is 0 Å². The average Bonchev–Trinajstić information content (AvgIpc) is 2.79. The third-order valence-electron chi connectivity index (χ3n) is 4.24. The molecule has 3 nitrogen and oxygen atoms in total. The van der Waals surface area contributed by atoms with Gasteiger partial charge in [-0.25, -0.2) is 0 Å². The fourth-order valence-electron chi connectivity index (χ4n) is 3.04. The van der Waals surface area contributed by atoms with Crippen LogP contribution in [0.2, 0.25) is 0 Å². The lowest BCUT2D eigenvalue weighted by atomic mass is 9.98. The van der Waals surface area contributed by atoms with Crippen molar-refractivity contribution in [2.75, 3.05) is 0 Å². The van der Waals surface area contributed by atoms with Gasteiger partial charge in [-0.15, -0.1) is 0 Å². The van der Waals surface area contributed by atoms with Crippen molar-refractivity contribution in [3.8, 4) is 0 Å². The number of carbonyl (C=O) groups excluding carboxylic acids is 2. The molecular formula is C19H14O3S. The zero-order valence-electron chi connectivity index (χ0n) is 12.8. The molecule has 1 aromatic heterocycles. The first kappa shape index (κ1) is 14.3. The van der Waals surface area contributed by atoms with E-state index in [0.717, 1.165) is 22.6 Å². The van der Waals surface area contributed by atoms with E-state index < -0.39 is 0 Å². The summed E-state index contributed by atoms with van der Waals surface area (Å²) >= 11 is 1.26. The predicted octanol–water partition coefficient (Wildman–Crippen LogP) is 4.29. The van der Waals surface area contributed by atoms with Gasteiger partial charge in [-0.1, -0.05) is 36.1 Å². The van der Waals surface area contributed by atoms with Crippen molar-refractivity contribution in [1.29, 1.82) is 0 Å². The fraction of sp³-hybridized carbons (Fsp3) is 0.158. The minimum Gasteiger partial charge on any atom is -0.465 e. The molecule has 2 aliphatic heterocycles. The van der Waals surface area contributed by atoms with Crippen LogP contribution in [0.3, 0.4) is 0 Å². The average molecular weight is 322 g/mol. The number of Topliss-reactive ketones (excluding diaryl/α,β-unsaturated/α-hetero) is 2. The molecule has 0 N–H and O–H groups in total. The Labute approximate surface area is 138 Å². The second-order valence-electron chi connectivity index (χ2n) is 5.76. The van der Waals surface area contributed by atoms with Crippen molar-refractivity contribution in [3.63, 3.8) is 0 Å². The highest BCUT2D eigenvalue weighted by Crippen LogP contribution is 2.42. The summed E-state index contributed by atoms with van der Waals surface area (Å²) in [5.41, 5.74) is 3.08. The van der Waals surface area contributed by atoms with Crippen molar-refractivity contribution >= 4 is 35.5 Å². The lowest BCUT2D eigenvalue weighted by molar-refractivity contribution is -0.112. The van der Waals surface area contributed by atoms with Gasteiger partial charge in [0.25, 0.3) is 0 Å². The summed E-state index contributed by atoms with van der Waals surface area (Å²) < 4.78 is 5.69. The van der Waals surface area contributed by atoms with Gasteiger partial charge >= 0.3 is 0 Å². The Bertz CT molecular complexity index is 846. The number of rotatable bonds is 0. The third-order valence-corrected chi connectivity index (χ3v) is 5.29. The van der Waals surface area contributed by atoms with E-state index in [1.807, 2.05) is 38.2 Å². The van der Waals surface area contributed by atoms with Crippen LogP contribution in [0, 0.1) is 13.8 Å². The van der Waals surface area contributed by atoms with Crippen LogP contribution in [0.5, 0.6) is 0 Å². The number of thioether (sulfide) groups is 1. The van der Waals surface area contributed by atoms with Crippen molar-refractivity contribution in [2.45, 2.75) is 20.3 Å². The highest BCUT2D eigenvalue weighted by molar-refractivity contribution is 8.08. The van der Waals surface area contributed by atoms with E-state index in [1.165, 1.54) is 11.8 Å². The van der Waals surface area contributed by atoms with Crippen LogP contribution in [0.25, 0.3) is 12.2 Å². The summed E-state index contributed by atoms with van der Waals surface area (Å²) in [6, 6.07) is 0. The van der Waals surface area contributed by atoms with Crippen LogP contribution in [0.1, 0.15) is 29.1 Å². The molecule has 0 unspecified atom stereocenters. The lowest BCUT2D eigenvalue weighted by Gasteiger charge is -2.16. The number of hydrogen-bond acceptors (Lipinski definition) is 4. The molecule has 0 saturated carbocycles. The molecule has 0 amide bonds. The van der Waals surface area contributed by atoms with Crippen molar-refractivity contribution in [3.05, 3.63) is 67.9 Å². The number of aryl methyl sites for hydroxylation is 2.